The van der Waals surface area contributed by atoms with Crippen LogP contribution in [0.2, 0.25) is 0 Å². The largest absolute Gasteiger partial charge is 0.490 e. The maximum Gasteiger partial charge on any atom is 0.175 e. The fraction of sp³-hybridized carbons (Fsp3) is 0.250. The molecule has 29 heavy (non-hydrogen) atoms. The Morgan fingerprint density at radius 3 is 2.34 bits per heavy atom. The lowest BCUT2D eigenvalue weighted by Gasteiger charge is -2.17. The fourth-order valence-electron chi connectivity index (χ4n) is 2.99. The average Bonchev–Trinajstić information content (AvgIpc) is 2.69. The zero-order valence-corrected chi connectivity index (χ0v) is 20.1. The number of anilines is 1. The first-order valence-electron chi connectivity index (χ1n) is 9.60. The van der Waals surface area contributed by atoms with Gasteiger partial charge in [-0.05, 0) is 89.3 Å². The lowest BCUT2D eigenvalue weighted by Crippen LogP contribution is -2.05. The van der Waals surface area contributed by atoms with Crippen LogP contribution in [0.15, 0.2) is 63.5 Å². The van der Waals surface area contributed by atoms with Crippen LogP contribution in [-0.4, -0.2) is 6.61 Å². The first kappa shape index (κ1) is 21.7. The number of aryl methyl sites for hydroxylation is 2. The van der Waals surface area contributed by atoms with Gasteiger partial charge in [0, 0.05) is 16.7 Å². The van der Waals surface area contributed by atoms with Gasteiger partial charge in [0.05, 0.1) is 11.1 Å². The Hall–Kier alpha value is -1.98. The third kappa shape index (κ3) is 6.00. The standard InChI is InChI=1S/C24H25Br2NO2/c1-4-28-23-13-19(14-27-22-11-16(2)5-6-17(22)3)12-21(26)24(23)29-15-18-7-9-20(25)10-8-18/h5-13,27H,4,14-15H2,1-3H3. The molecule has 3 rings (SSSR count). The van der Waals surface area contributed by atoms with Gasteiger partial charge in [-0.2, -0.15) is 0 Å². The normalized spacial score (nSPS) is 10.7. The highest BCUT2D eigenvalue weighted by atomic mass is 79.9. The van der Waals surface area contributed by atoms with E-state index in [1.807, 2.05) is 37.3 Å². The van der Waals surface area contributed by atoms with E-state index < -0.39 is 0 Å². The maximum absolute atomic E-state index is 6.09. The van der Waals surface area contributed by atoms with Crippen LogP contribution in [0.3, 0.4) is 0 Å². The number of ether oxygens (including phenoxy) is 2. The fourth-order valence-corrected chi connectivity index (χ4v) is 3.85. The highest BCUT2D eigenvalue weighted by Crippen LogP contribution is 2.38. The molecule has 0 bridgehead atoms. The second-order valence-corrected chi connectivity index (χ2v) is 8.69. The van der Waals surface area contributed by atoms with Gasteiger partial charge >= 0.3 is 0 Å². The summed E-state index contributed by atoms with van der Waals surface area (Å²) in [5.74, 6) is 1.47. The minimum absolute atomic E-state index is 0.478. The summed E-state index contributed by atoms with van der Waals surface area (Å²) in [6.45, 7) is 7.96. The summed E-state index contributed by atoms with van der Waals surface area (Å²) in [5.41, 5.74) is 5.84. The molecule has 0 unspecified atom stereocenters. The van der Waals surface area contributed by atoms with Crippen molar-refractivity contribution in [3.63, 3.8) is 0 Å². The van der Waals surface area contributed by atoms with Crippen molar-refractivity contribution in [2.45, 2.75) is 33.9 Å². The first-order valence-corrected chi connectivity index (χ1v) is 11.2. The summed E-state index contributed by atoms with van der Waals surface area (Å²) >= 11 is 7.12. The van der Waals surface area contributed by atoms with Gasteiger partial charge in [-0.3, -0.25) is 0 Å². The van der Waals surface area contributed by atoms with Crippen LogP contribution in [0.1, 0.15) is 29.2 Å². The Labute approximate surface area is 189 Å². The van der Waals surface area contributed by atoms with Crippen LogP contribution < -0.4 is 14.8 Å². The van der Waals surface area contributed by atoms with E-state index in [1.54, 1.807) is 0 Å². The Morgan fingerprint density at radius 1 is 0.862 bits per heavy atom. The zero-order valence-electron chi connectivity index (χ0n) is 16.9. The molecule has 0 saturated heterocycles. The average molecular weight is 519 g/mol. The molecule has 1 N–H and O–H groups in total. The van der Waals surface area contributed by atoms with Crippen molar-refractivity contribution >= 4 is 37.5 Å². The van der Waals surface area contributed by atoms with E-state index in [9.17, 15) is 0 Å². The molecule has 0 aliphatic carbocycles. The van der Waals surface area contributed by atoms with Gasteiger partial charge in [-0.25, -0.2) is 0 Å². The van der Waals surface area contributed by atoms with Gasteiger partial charge in [-0.1, -0.05) is 40.2 Å². The summed E-state index contributed by atoms with van der Waals surface area (Å²) in [7, 11) is 0. The molecule has 0 aliphatic rings. The minimum Gasteiger partial charge on any atom is -0.490 e. The molecule has 0 spiro atoms. The molecule has 0 aromatic heterocycles. The van der Waals surface area contributed by atoms with Crippen molar-refractivity contribution < 1.29 is 9.47 Å². The van der Waals surface area contributed by atoms with Crippen LogP contribution in [0, 0.1) is 13.8 Å². The predicted molar refractivity (Wildman–Crippen MR) is 127 cm³/mol. The van der Waals surface area contributed by atoms with E-state index in [2.05, 4.69) is 75.3 Å². The zero-order chi connectivity index (χ0) is 20.8. The van der Waals surface area contributed by atoms with Crippen LogP contribution in [0.4, 0.5) is 5.69 Å². The maximum atomic E-state index is 6.09. The number of benzene rings is 3. The summed E-state index contributed by atoms with van der Waals surface area (Å²) < 4.78 is 13.9. The third-order valence-electron chi connectivity index (χ3n) is 4.54. The molecule has 0 radical (unpaired) electrons. The van der Waals surface area contributed by atoms with Gasteiger partial charge in [0.2, 0.25) is 0 Å². The molecule has 3 aromatic carbocycles. The highest BCUT2D eigenvalue weighted by Gasteiger charge is 2.13. The van der Waals surface area contributed by atoms with Crippen LogP contribution >= 0.6 is 31.9 Å². The van der Waals surface area contributed by atoms with Crippen molar-refractivity contribution in [2.75, 3.05) is 11.9 Å². The number of hydrogen-bond acceptors (Lipinski definition) is 3. The second kappa shape index (κ2) is 10.2. The molecular formula is C24H25Br2NO2. The van der Waals surface area contributed by atoms with E-state index in [0.29, 0.717) is 19.8 Å². The van der Waals surface area contributed by atoms with Gasteiger partial charge in [-0.15, -0.1) is 0 Å². The second-order valence-electron chi connectivity index (χ2n) is 6.92. The monoisotopic (exact) mass is 517 g/mol. The lowest BCUT2D eigenvalue weighted by atomic mass is 10.1. The lowest BCUT2D eigenvalue weighted by molar-refractivity contribution is 0.267. The molecule has 0 heterocycles. The topological polar surface area (TPSA) is 30.5 Å². The number of halogens is 2. The van der Waals surface area contributed by atoms with Gasteiger partial charge in [0.15, 0.2) is 11.5 Å². The van der Waals surface area contributed by atoms with Crippen LogP contribution in [0.25, 0.3) is 0 Å². The molecule has 5 heteroatoms. The van der Waals surface area contributed by atoms with Crippen molar-refractivity contribution in [1.29, 1.82) is 0 Å². The van der Waals surface area contributed by atoms with Gasteiger partial charge in [0.25, 0.3) is 0 Å². The van der Waals surface area contributed by atoms with Crippen molar-refractivity contribution in [2.24, 2.45) is 0 Å². The van der Waals surface area contributed by atoms with Gasteiger partial charge in [0.1, 0.15) is 6.61 Å². The molecule has 3 aromatic rings. The van der Waals surface area contributed by atoms with Crippen molar-refractivity contribution in [1.82, 2.24) is 0 Å². The predicted octanol–water partition coefficient (Wildman–Crippen LogP) is 7.42. The molecule has 0 aliphatic heterocycles. The van der Waals surface area contributed by atoms with E-state index in [-0.39, 0.29) is 0 Å². The Kier molecular flexibility index (Phi) is 7.62. The first-order chi connectivity index (χ1) is 14.0. The summed E-state index contributed by atoms with van der Waals surface area (Å²) in [4.78, 5) is 0. The molecule has 3 nitrogen and oxygen atoms in total. The smallest absolute Gasteiger partial charge is 0.175 e. The SMILES string of the molecule is CCOc1cc(CNc2cc(C)ccc2C)cc(Br)c1OCc1ccc(Br)cc1. The van der Waals surface area contributed by atoms with E-state index in [0.717, 1.165) is 37.3 Å². The molecule has 0 fully saturated rings. The van der Waals surface area contributed by atoms with Gasteiger partial charge < -0.3 is 14.8 Å². The van der Waals surface area contributed by atoms with E-state index in [4.69, 9.17) is 9.47 Å². The molecule has 0 saturated carbocycles. The highest BCUT2D eigenvalue weighted by molar-refractivity contribution is 9.10. The third-order valence-corrected chi connectivity index (χ3v) is 5.66. The van der Waals surface area contributed by atoms with Crippen LogP contribution in [0.5, 0.6) is 11.5 Å². The molecular weight excluding hydrogens is 494 g/mol. The number of rotatable bonds is 8. The summed E-state index contributed by atoms with van der Waals surface area (Å²) in [5, 5.41) is 3.53. The Bertz CT molecular complexity index is 971. The van der Waals surface area contributed by atoms with Crippen molar-refractivity contribution in [3.8, 4) is 11.5 Å². The molecule has 0 amide bonds. The molecule has 0 atom stereocenters. The van der Waals surface area contributed by atoms with E-state index >= 15 is 0 Å². The quantitative estimate of drug-likeness (QED) is 0.336. The minimum atomic E-state index is 0.478. The summed E-state index contributed by atoms with van der Waals surface area (Å²) in [6, 6.07) is 18.7. The Morgan fingerprint density at radius 2 is 1.62 bits per heavy atom. The number of nitrogens with one attached hydrogen (secondary N) is 1. The van der Waals surface area contributed by atoms with Crippen LogP contribution in [-0.2, 0) is 13.2 Å². The van der Waals surface area contributed by atoms with Crippen molar-refractivity contribution in [3.05, 3.63) is 85.8 Å². The summed E-state index contributed by atoms with van der Waals surface area (Å²) in [6.07, 6.45) is 0. The Balaban J connectivity index is 1.76. The van der Waals surface area contributed by atoms with E-state index in [1.165, 1.54) is 11.1 Å². The molecule has 152 valence electrons. The number of hydrogen-bond donors (Lipinski definition) is 1.